The van der Waals surface area contributed by atoms with Gasteiger partial charge in [-0.2, -0.15) is 4.39 Å². The predicted octanol–water partition coefficient (Wildman–Crippen LogP) is 7.27. The van der Waals surface area contributed by atoms with Crippen LogP contribution in [0.25, 0.3) is 23.1 Å². The summed E-state index contributed by atoms with van der Waals surface area (Å²) in [6, 6.07) is 14.0. The number of hydrogen-bond acceptors (Lipinski definition) is 4. The molecule has 0 unspecified atom stereocenters. The van der Waals surface area contributed by atoms with Gasteiger partial charge in [-0.05, 0) is 85.7 Å². The van der Waals surface area contributed by atoms with Crippen LogP contribution in [0.3, 0.4) is 0 Å². The highest BCUT2D eigenvalue weighted by Gasteiger charge is 2.21. The van der Waals surface area contributed by atoms with Crippen molar-refractivity contribution in [1.82, 2.24) is 4.57 Å². The zero-order valence-corrected chi connectivity index (χ0v) is 23.6. The van der Waals surface area contributed by atoms with Gasteiger partial charge < -0.3 is 24.3 Å². The number of carboxylic acid groups (broad SMARTS) is 2. The zero-order valence-electron chi connectivity index (χ0n) is 23.6. The third-order valence-electron chi connectivity index (χ3n) is 7.00. The van der Waals surface area contributed by atoms with Gasteiger partial charge in [-0.1, -0.05) is 30.4 Å². The maximum absolute atomic E-state index is 15.1. The SMILES string of the molecule is Cc1c(CCCC(=O)O)c2c(F)ccc(C=Cc3ccc(OCCCCOc4cccc(F)c4F)cc3)c2n1CC(=O)O. The first-order valence-corrected chi connectivity index (χ1v) is 13.9. The van der Waals surface area contributed by atoms with Gasteiger partial charge in [0.1, 0.15) is 18.1 Å². The van der Waals surface area contributed by atoms with Crippen LogP contribution >= 0.6 is 0 Å². The zero-order chi connectivity index (χ0) is 30.9. The Morgan fingerprint density at radius 3 is 2.26 bits per heavy atom. The number of aliphatic carboxylic acids is 2. The second kappa shape index (κ2) is 14.4. The van der Waals surface area contributed by atoms with Crippen LogP contribution in [0, 0.1) is 24.4 Å². The number of rotatable bonds is 15. The van der Waals surface area contributed by atoms with E-state index in [0.717, 1.165) is 11.6 Å². The lowest BCUT2D eigenvalue weighted by Gasteiger charge is -2.09. The molecule has 3 aromatic carbocycles. The van der Waals surface area contributed by atoms with Gasteiger partial charge in [0.2, 0.25) is 5.82 Å². The Morgan fingerprint density at radius 1 is 0.837 bits per heavy atom. The number of aryl methyl sites for hydroxylation is 1. The highest BCUT2D eigenvalue weighted by molar-refractivity contribution is 5.95. The molecule has 0 spiro atoms. The van der Waals surface area contributed by atoms with Crippen molar-refractivity contribution in [2.24, 2.45) is 0 Å². The van der Waals surface area contributed by atoms with Crippen molar-refractivity contribution in [2.45, 2.75) is 45.6 Å². The molecule has 0 bridgehead atoms. The van der Waals surface area contributed by atoms with Crippen LogP contribution in [0.2, 0.25) is 0 Å². The minimum Gasteiger partial charge on any atom is -0.494 e. The highest BCUT2D eigenvalue weighted by atomic mass is 19.2. The molecule has 226 valence electrons. The molecule has 7 nitrogen and oxygen atoms in total. The summed E-state index contributed by atoms with van der Waals surface area (Å²) in [7, 11) is 0. The van der Waals surface area contributed by atoms with Crippen molar-refractivity contribution in [3.63, 3.8) is 0 Å². The topological polar surface area (TPSA) is 98.0 Å². The van der Waals surface area contributed by atoms with Gasteiger partial charge >= 0.3 is 11.9 Å². The maximum atomic E-state index is 15.1. The van der Waals surface area contributed by atoms with E-state index >= 15 is 4.39 Å². The number of ether oxygens (including phenoxy) is 2. The minimum absolute atomic E-state index is 0.0713. The van der Waals surface area contributed by atoms with Crippen LogP contribution in [-0.4, -0.2) is 39.9 Å². The summed E-state index contributed by atoms with van der Waals surface area (Å²) in [5.41, 5.74) is 3.12. The van der Waals surface area contributed by atoms with E-state index in [4.69, 9.17) is 14.6 Å². The largest absolute Gasteiger partial charge is 0.494 e. The van der Waals surface area contributed by atoms with Gasteiger partial charge in [0, 0.05) is 17.5 Å². The molecular formula is C33H32F3NO6. The lowest BCUT2D eigenvalue weighted by molar-refractivity contribution is -0.138. The Kier molecular flexibility index (Phi) is 10.5. The van der Waals surface area contributed by atoms with Crippen LogP contribution in [0.15, 0.2) is 54.6 Å². The monoisotopic (exact) mass is 595 g/mol. The number of benzene rings is 3. The fraction of sp³-hybridized carbons (Fsp3) is 0.273. The number of nitrogens with zero attached hydrogens (tertiary/aromatic N) is 1. The molecule has 0 aliphatic heterocycles. The van der Waals surface area contributed by atoms with Crippen molar-refractivity contribution in [3.05, 3.63) is 94.4 Å². The van der Waals surface area contributed by atoms with E-state index in [1.54, 1.807) is 35.8 Å². The molecule has 4 aromatic rings. The number of unbranched alkanes of at least 4 members (excludes halogenated alkanes) is 1. The van der Waals surface area contributed by atoms with Gasteiger partial charge in [-0.3, -0.25) is 9.59 Å². The van der Waals surface area contributed by atoms with Crippen molar-refractivity contribution in [3.8, 4) is 11.5 Å². The predicted molar refractivity (Wildman–Crippen MR) is 157 cm³/mol. The van der Waals surface area contributed by atoms with Gasteiger partial charge in [-0.25, -0.2) is 8.78 Å². The average molecular weight is 596 g/mol. The molecule has 4 rings (SSSR count). The lowest BCUT2D eigenvalue weighted by atomic mass is 10.0. The number of hydrogen-bond donors (Lipinski definition) is 2. The Morgan fingerprint density at radius 2 is 1.56 bits per heavy atom. The highest BCUT2D eigenvalue weighted by Crippen LogP contribution is 2.33. The molecule has 10 heteroatoms. The molecule has 0 saturated heterocycles. The number of fused-ring (bicyclic) bond motifs is 1. The maximum Gasteiger partial charge on any atom is 0.323 e. The van der Waals surface area contributed by atoms with Crippen molar-refractivity contribution < 1.29 is 42.4 Å². The van der Waals surface area contributed by atoms with E-state index in [1.165, 1.54) is 18.2 Å². The third-order valence-corrected chi connectivity index (χ3v) is 7.00. The van der Waals surface area contributed by atoms with E-state index in [1.807, 2.05) is 18.2 Å². The number of carbonyl (C=O) groups is 2. The number of carboxylic acids is 2. The third kappa shape index (κ3) is 7.97. The Hall–Kier alpha value is -4.73. The van der Waals surface area contributed by atoms with E-state index in [-0.39, 0.29) is 25.3 Å². The van der Waals surface area contributed by atoms with Crippen molar-refractivity contribution in [1.29, 1.82) is 0 Å². The summed E-state index contributed by atoms with van der Waals surface area (Å²) < 4.78 is 54.6. The van der Waals surface area contributed by atoms with Crippen LogP contribution < -0.4 is 9.47 Å². The molecule has 1 heterocycles. The smallest absolute Gasteiger partial charge is 0.323 e. The summed E-state index contributed by atoms with van der Waals surface area (Å²) in [6.07, 6.45) is 5.40. The molecule has 0 radical (unpaired) electrons. The first-order valence-electron chi connectivity index (χ1n) is 13.9. The van der Waals surface area contributed by atoms with Crippen LogP contribution in [0.1, 0.15) is 48.1 Å². The number of aromatic nitrogens is 1. The lowest BCUT2D eigenvalue weighted by Crippen LogP contribution is -2.10. The first kappa shape index (κ1) is 31.2. The summed E-state index contributed by atoms with van der Waals surface area (Å²) in [5, 5.41) is 18.8. The van der Waals surface area contributed by atoms with E-state index < -0.39 is 29.4 Å². The van der Waals surface area contributed by atoms with Crippen molar-refractivity contribution in [2.75, 3.05) is 13.2 Å². The molecule has 0 fully saturated rings. The second-order valence-electron chi connectivity index (χ2n) is 10.0. The molecular weight excluding hydrogens is 563 g/mol. The van der Waals surface area contributed by atoms with Gasteiger partial charge in [0.15, 0.2) is 11.6 Å². The fourth-order valence-corrected chi connectivity index (χ4v) is 4.89. The van der Waals surface area contributed by atoms with Gasteiger partial charge in [0.25, 0.3) is 0 Å². The molecule has 43 heavy (non-hydrogen) atoms. The Labute approximate surface area is 246 Å². The fourth-order valence-electron chi connectivity index (χ4n) is 4.89. The second-order valence-corrected chi connectivity index (χ2v) is 10.0. The standard InChI is InChI=1S/C33H32F3NO6/c1-21-25(6-4-9-29(38)39)31-26(34)17-14-23(33(31)37(21)20-30(40)41)13-10-22-11-15-24(16-12-22)42-18-2-3-19-43-28-8-5-7-27(35)32(28)36/h5,7-8,10-17H,2-4,6,9,18-20H2,1H3,(H,38,39)(H,40,41). The summed E-state index contributed by atoms with van der Waals surface area (Å²) >= 11 is 0. The molecule has 0 saturated carbocycles. The summed E-state index contributed by atoms with van der Waals surface area (Å²) in [4.78, 5) is 22.6. The Bertz CT molecular complexity index is 1630. The first-order chi connectivity index (χ1) is 20.7. The van der Waals surface area contributed by atoms with Crippen LogP contribution in [-0.2, 0) is 22.6 Å². The van der Waals surface area contributed by atoms with Gasteiger partial charge in [0.05, 0.1) is 18.7 Å². The Balaban J connectivity index is 1.40. The molecule has 1 aromatic heterocycles. The quantitative estimate of drug-likeness (QED) is 0.111. The average Bonchev–Trinajstić information content (AvgIpc) is 3.24. The molecule has 0 aliphatic rings. The molecule has 0 amide bonds. The van der Waals surface area contributed by atoms with E-state index in [0.29, 0.717) is 65.8 Å². The molecule has 0 atom stereocenters. The van der Waals surface area contributed by atoms with Crippen molar-refractivity contribution >= 4 is 35.0 Å². The van der Waals surface area contributed by atoms with E-state index in [9.17, 15) is 23.5 Å². The van der Waals surface area contributed by atoms with E-state index in [2.05, 4.69) is 0 Å². The van der Waals surface area contributed by atoms with Gasteiger partial charge in [-0.15, -0.1) is 0 Å². The summed E-state index contributed by atoms with van der Waals surface area (Å²) in [6.45, 7) is 2.00. The molecule has 2 N–H and O–H groups in total. The summed E-state index contributed by atoms with van der Waals surface area (Å²) in [5.74, 6) is -3.93. The van der Waals surface area contributed by atoms with Crippen LogP contribution in [0.5, 0.6) is 11.5 Å². The minimum atomic E-state index is -1.07. The number of halogens is 3. The van der Waals surface area contributed by atoms with Crippen LogP contribution in [0.4, 0.5) is 13.2 Å². The normalized spacial score (nSPS) is 11.3. The molecule has 0 aliphatic carbocycles.